The van der Waals surface area contributed by atoms with E-state index in [1.54, 1.807) is 0 Å². The van der Waals surface area contributed by atoms with Crippen molar-refractivity contribution >= 4 is 5.57 Å². The van der Waals surface area contributed by atoms with Gasteiger partial charge in [-0.05, 0) is 30.5 Å². The molecule has 84 valence electrons. The Kier molecular flexibility index (Phi) is 2.70. The third-order valence-corrected chi connectivity index (χ3v) is 3.29. The summed E-state index contributed by atoms with van der Waals surface area (Å²) >= 11 is 0. The van der Waals surface area contributed by atoms with Gasteiger partial charge in [0.2, 0.25) is 0 Å². The molecule has 0 saturated heterocycles. The van der Waals surface area contributed by atoms with Gasteiger partial charge in [0.15, 0.2) is 0 Å². The minimum absolute atomic E-state index is 0.132. The molecule has 0 saturated carbocycles. The van der Waals surface area contributed by atoms with Crippen LogP contribution >= 0.6 is 0 Å². The topological polar surface area (TPSA) is 52.0 Å². The molecule has 1 aliphatic rings. The molecule has 4 N–H and O–H groups in total. The molecular weight excluding hydrogens is 196 g/mol. The normalized spacial score (nSPS) is 29.0. The van der Waals surface area contributed by atoms with Crippen molar-refractivity contribution in [2.75, 3.05) is 0 Å². The Morgan fingerprint density at radius 3 is 2.62 bits per heavy atom. The van der Waals surface area contributed by atoms with E-state index in [2.05, 4.69) is 25.1 Å². The van der Waals surface area contributed by atoms with Crippen molar-refractivity contribution < 1.29 is 0 Å². The van der Waals surface area contributed by atoms with Crippen molar-refractivity contribution in [2.24, 2.45) is 11.5 Å². The minimum Gasteiger partial charge on any atom is -0.323 e. The van der Waals surface area contributed by atoms with E-state index >= 15 is 0 Å². The second-order valence-corrected chi connectivity index (χ2v) is 4.59. The summed E-state index contributed by atoms with van der Waals surface area (Å²) in [4.78, 5) is 0. The quantitative estimate of drug-likeness (QED) is 0.751. The van der Waals surface area contributed by atoms with Gasteiger partial charge >= 0.3 is 0 Å². The van der Waals surface area contributed by atoms with Gasteiger partial charge in [-0.3, -0.25) is 0 Å². The van der Waals surface area contributed by atoms with Crippen LogP contribution in [0.15, 0.2) is 42.5 Å². The van der Waals surface area contributed by atoms with Gasteiger partial charge in [-0.25, -0.2) is 0 Å². The van der Waals surface area contributed by atoms with Crippen LogP contribution < -0.4 is 11.5 Å². The second kappa shape index (κ2) is 3.89. The molecule has 0 spiro atoms. The fourth-order valence-electron chi connectivity index (χ4n) is 2.09. The monoisotopic (exact) mass is 214 g/mol. The third-order valence-electron chi connectivity index (χ3n) is 3.29. The Hall–Kier alpha value is -1.38. The van der Waals surface area contributed by atoms with Gasteiger partial charge < -0.3 is 11.5 Å². The molecule has 0 heterocycles. The lowest BCUT2D eigenvalue weighted by Gasteiger charge is -2.35. The van der Waals surface area contributed by atoms with E-state index in [0.717, 1.165) is 5.57 Å². The molecule has 16 heavy (non-hydrogen) atoms. The maximum atomic E-state index is 6.32. The largest absolute Gasteiger partial charge is 0.323 e. The van der Waals surface area contributed by atoms with Crippen molar-refractivity contribution in [2.45, 2.75) is 25.4 Å². The van der Waals surface area contributed by atoms with Crippen LogP contribution in [0.3, 0.4) is 0 Å². The predicted molar refractivity (Wildman–Crippen MR) is 68.9 cm³/mol. The first-order valence-electron chi connectivity index (χ1n) is 5.53. The van der Waals surface area contributed by atoms with Crippen LogP contribution in [0.2, 0.25) is 0 Å². The van der Waals surface area contributed by atoms with E-state index in [0.29, 0.717) is 0 Å². The molecule has 1 aliphatic carbocycles. The number of hydrogen-bond acceptors (Lipinski definition) is 2. The highest BCUT2D eigenvalue weighted by Crippen LogP contribution is 2.32. The smallest absolute Gasteiger partial charge is 0.0576 e. The molecule has 0 aromatic heterocycles. The third kappa shape index (κ3) is 1.70. The molecule has 2 nitrogen and oxygen atoms in total. The Labute approximate surface area is 96.6 Å². The summed E-state index contributed by atoms with van der Waals surface area (Å²) in [5.41, 5.74) is 15.4. The zero-order valence-electron chi connectivity index (χ0n) is 9.77. The maximum Gasteiger partial charge on any atom is 0.0576 e. The van der Waals surface area contributed by atoms with Gasteiger partial charge in [0, 0.05) is 6.04 Å². The SMILES string of the molecule is Cc1ccccc1C1=CC=CC(N)C1(C)N. The van der Waals surface area contributed by atoms with E-state index in [1.807, 2.05) is 31.2 Å². The van der Waals surface area contributed by atoms with Crippen LogP contribution in [0.5, 0.6) is 0 Å². The second-order valence-electron chi connectivity index (χ2n) is 4.59. The van der Waals surface area contributed by atoms with Crippen LogP contribution in [0.1, 0.15) is 18.1 Å². The lowest BCUT2D eigenvalue weighted by Crippen LogP contribution is -2.53. The van der Waals surface area contributed by atoms with Crippen molar-refractivity contribution in [1.29, 1.82) is 0 Å². The maximum absolute atomic E-state index is 6.32. The molecule has 0 aliphatic heterocycles. The average molecular weight is 214 g/mol. The van der Waals surface area contributed by atoms with Crippen molar-refractivity contribution in [3.8, 4) is 0 Å². The molecule has 2 atom stereocenters. The number of benzene rings is 1. The summed E-state index contributed by atoms with van der Waals surface area (Å²) in [6.07, 6.45) is 5.99. The van der Waals surface area contributed by atoms with Crippen LogP contribution in [0, 0.1) is 6.92 Å². The van der Waals surface area contributed by atoms with E-state index in [1.165, 1.54) is 11.1 Å². The zero-order chi connectivity index (χ0) is 11.8. The van der Waals surface area contributed by atoms with Crippen molar-refractivity contribution in [3.63, 3.8) is 0 Å². The predicted octanol–water partition coefficient (Wildman–Crippen LogP) is 1.99. The standard InChI is InChI=1S/C14H18N2/c1-10-6-3-4-7-11(10)12-8-5-9-13(15)14(12,2)16/h3-9,13H,15-16H2,1-2H3. The fourth-order valence-corrected chi connectivity index (χ4v) is 2.09. The molecule has 0 amide bonds. The highest BCUT2D eigenvalue weighted by atomic mass is 14.8. The van der Waals surface area contributed by atoms with Crippen LogP contribution in [0.25, 0.3) is 5.57 Å². The van der Waals surface area contributed by atoms with E-state index < -0.39 is 5.54 Å². The number of rotatable bonds is 1. The number of aryl methyl sites for hydroxylation is 1. The summed E-state index contributed by atoms with van der Waals surface area (Å²) in [5, 5.41) is 0. The molecule has 0 radical (unpaired) electrons. The number of hydrogen-bond donors (Lipinski definition) is 2. The van der Waals surface area contributed by atoms with Gasteiger partial charge in [-0.2, -0.15) is 0 Å². The molecule has 2 heteroatoms. The minimum atomic E-state index is -0.499. The molecule has 2 rings (SSSR count). The number of allylic oxidation sites excluding steroid dienone is 2. The highest BCUT2D eigenvalue weighted by molar-refractivity contribution is 5.78. The van der Waals surface area contributed by atoms with Gasteiger partial charge in [0.25, 0.3) is 0 Å². The van der Waals surface area contributed by atoms with Gasteiger partial charge in [-0.1, -0.05) is 42.5 Å². The van der Waals surface area contributed by atoms with E-state index in [9.17, 15) is 0 Å². The molecule has 1 aromatic rings. The van der Waals surface area contributed by atoms with E-state index in [-0.39, 0.29) is 6.04 Å². The van der Waals surface area contributed by atoms with Crippen molar-refractivity contribution in [1.82, 2.24) is 0 Å². The lowest BCUT2D eigenvalue weighted by molar-refractivity contribution is 0.531. The summed E-state index contributed by atoms with van der Waals surface area (Å²) in [7, 11) is 0. The van der Waals surface area contributed by atoms with Gasteiger partial charge in [0.1, 0.15) is 0 Å². The Bertz CT molecular complexity index is 456. The highest BCUT2D eigenvalue weighted by Gasteiger charge is 2.32. The first kappa shape index (κ1) is 11.1. The summed E-state index contributed by atoms with van der Waals surface area (Å²) in [6, 6.07) is 8.12. The Morgan fingerprint density at radius 1 is 1.25 bits per heavy atom. The van der Waals surface area contributed by atoms with Crippen LogP contribution in [-0.4, -0.2) is 11.6 Å². The summed E-state index contributed by atoms with van der Waals surface area (Å²) in [6.45, 7) is 4.08. The summed E-state index contributed by atoms with van der Waals surface area (Å²) < 4.78 is 0. The molecule has 1 aromatic carbocycles. The lowest BCUT2D eigenvalue weighted by atomic mass is 9.77. The Morgan fingerprint density at radius 2 is 1.94 bits per heavy atom. The van der Waals surface area contributed by atoms with Gasteiger partial charge in [-0.15, -0.1) is 0 Å². The first-order valence-corrected chi connectivity index (χ1v) is 5.53. The average Bonchev–Trinajstić information content (AvgIpc) is 2.24. The van der Waals surface area contributed by atoms with Crippen molar-refractivity contribution in [3.05, 3.63) is 53.6 Å². The first-order chi connectivity index (χ1) is 7.53. The number of nitrogens with two attached hydrogens (primary N) is 2. The van der Waals surface area contributed by atoms with Gasteiger partial charge in [0.05, 0.1) is 5.54 Å². The summed E-state index contributed by atoms with van der Waals surface area (Å²) in [5.74, 6) is 0. The zero-order valence-corrected chi connectivity index (χ0v) is 9.77. The molecule has 2 unspecified atom stereocenters. The Balaban J connectivity index is 2.53. The fraction of sp³-hybridized carbons (Fsp3) is 0.286. The molecule has 0 bridgehead atoms. The van der Waals surface area contributed by atoms with Crippen LogP contribution in [0.4, 0.5) is 0 Å². The van der Waals surface area contributed by atoms with Crippen LogP contribution in [-0.2, 0) is 0 Å². The molecular formula is C14H18N2. The molecule has 0 fully saturated rings. The van der Waals surface area contributed by atoms with E-state index in [4.69, 9.17) is 11.5 Å².